The van der Waals surface area contributed by atoms with Crippen molar-refractivity contribution in [2.24, 2.45) is 0 Å². The third-order valence-corrected chi connectivity index (χ3v) is 6.87. The molecule has 3 aliphatic rings. The molecule has 0 N–H and O–H groups in total. The van der Waals surface area contributed by atoms with E-state index in [2.05, 4.69) is 31.8 Å². The first-order valence-electron chi connectivity index (χ1n) is 11.8. The lowest BCUT2D eigenvalue weighted by molar-refractivity contribution is -0.133. The van der Waals surface area contributed by atoms with Gasteiger partial charge in [0, 0.05) is 70.7 Å². The maximum Gasteiger partial charge on any atom is 0.231 e. The molecule has 5 rings (SSSR count). The van der Waals surface area contributed by atoms with E-state index in [0.29, 0.717) is 19.3 Å². The first-order valence-corrected chi connectivity index (χ1v) is 11.8. The number of hydrogen-bond acceptors (Lipinski definition) is 6. The molecule has 2 fully saturated rings. The van der Waals surface area contributed by atoms with E-state index in [4.69, 9.17) is 9.47 Å². The Morgan fingerprint density at radius 1 is 1.03 bits per heavy atom. The maximum atomic E-state index is 12.8. The molecule has 0 spiro atoms. The molecular formula is C25H32N4O3. The number of aryl methyl sites for hydroxylation is 1. The van der Waals surface area contributed by atoms with Crippen LogP contribution in [0.15, 0.2) is 42.7 Å². The van der Waals surface area contributed by atoms with Crippen LogP contribution in [0.2, 0.25) is 0 Å². The molecule has 1 aromatic carbocycles. The Morgan fingerprint density at radius 2 is 1.91 bits per heavy atom. The van der Waals surface area contributed by atoms with E-state index >= 15 is 0 Å². The number of pyridine rings is 1. The summed E-state index contributed by atoms with van der Waals surface area (Å²) in [5.41, 5.74) is 2.40. The number of rotatable bonds is 6. The summed E-state index contributed by atoms with van der Waals surface area (Å²) in [6, 6.07) is 10.7. The van der Waals surface area contributed by atoms with Gasteiger partial charge in [0.2, 0.25) is 12.7 Å². The first kappa shape index (κ1) is 21.2. The van der Waals surface area contributed by atoms with Crippen LogP contribution in [0.4, 0.5) is 0 Å². The quantitative estimate of drug-likeness (QED) is 0.694. The number of piperazine rings is 1. The van der Waals surface area contributed by atoms with E-state index in [1.54, 1.807) is 6.20 Å². The number of likely N-dealkylation sites (tertiary alicyclic amines) is 1. The molecule has 170 valence electrons. The molecule has 0 radical (unpaired) electrons. The van der Waals surface area contributed by atoms with Gasteiger partial charge in [-0.25, -0.2) is 0 Å². The Bertz CT molecular complexity index is 915. The van der Waals surface area contributed by atoms with Crippen LogP contribution in [0.3, 0.4) is 0 Å². The third kappa shape index (κ3) is 5.05. The van der Waals surface area contributed by atoms with Crippen molar-refractivity contribution in [3.05, 3.63) is 53.9 Å². The molecule has 2 saturated heterocycles. The van der Waals surface area contributed by atoms with Crippen molar-refractivity contribution in [3.8, 4) is 11.5 Å². The van der Waals surface area contributed by atoms with Crippen LogP contribution in [-0.2, 0) is 17.8 Å². The van der Waals surface area contributed by atoms with Gasteiger partial charge in [0.25, 0.3) is 0 Å². The van der Waals surface area contributed by atoms with E-state index in [0.717, 1.165) is 75.7 Å². The minimum absolute atomic E-state index is 0.278. The molecule has 32 heavy (non-hydrogen) atoms. The molecule has 7 heteroatoms. The van der Waals surface area contributed by atoms with E-state index in [9.17, 15) is 4.79 Å². The highest BCUT2D eigenvalue weighted by Gasteiger charge is 2.30. The van der Waals surface area contributed by atoms with Crippen LogP contribution in [-0.4, -0.2) is 77.7 Å². The fourth-order valence-corrected chi connectivity index (χ4v) is 5.02. The van der Waals surface area contributed by atoms with Crippen molar-refractivity contribution < 1.29 is 14.3 Å². The smallest absolute Gasteiger partial charge is 0.231 e. The number of carbonyl (C=O) groups excluding carboxylic acids is 1. The number of nitrogens with zero attached hydrogens (tertiary/aromatic N) is 4. The molecule has 1 aromatic heterocycles. The van der Waals surface area contributed by atoms with Crippen molar-refractivity contribution in [1.82, 2.24) is 19.7 Å². The average molecular weight is 437 g/mol. The number of piperidine rings is 1. The van der Waals surface area contributed by atoms with Crippen LogP contribution in [0, 0.1) is 0 Å². The first-order chi connectivity index (χ1) is 15.7. The number of ether oxygens (including phenoxy) is 2. The minimum Gasteiger partial charge on any atom is -0.454 e. The van der Waals surface area contributed by atoms with Gasteiger partial charge in [-0.2, -0.15) is 0 Å². The summed E-state index contributed by atoms with van der Waals surface area (Å²) < 4.78 is 10.9. The predicted molar refractivity (Wildman–Crippen MR) is 122 cm³/mol. The Kier molecular flexibility index (Phi) is 6.55. The van der Waals surface area contributed by atoms with Crippen molar-refractivity contribution in [2.45, 2.75) is 38.3 Å². The summed E-state index contributed by atoms with van der Waals surface area (Å²) in [4.78, 5) is 24.1. The Balaban J connectivity index is 1.08. The largest absolute Gasteiger partial charge is 0.454 e. The van der Waals surface area contributed by atoms with Gasteiger partial charge in [-0.1, -0.05) is 12.1 Å². The molecular weight excluding hydrogens is 404 g/mol. The zero-order valence-corrected chi connectivity index (χ0v) is 18.6. The summed E-state index contributed by atoms with van der Waals surface area (Å²) in [5.74, 6) is 1.98. The van der Waals surface area contributed by atoms with Gasteiger partial charge in [0.05, 0.1) is 0 Å². The Hall–Kier alpha value is -2.64. The standard InChI is InChI=1S/C25H32N4O3/c30-25(8-6-20-3-1-9-26-16-20)29-10-2-4-22(18-29)28-13-11-27(12-14-28)17-21-5-7-23-24(15-21)32-19-31-23/h1,3,5,7,9,15-16,22H,2,4,6,8,10-14,17-19H2. The highest BCUT2D eigenvalue weighted by Crippen LogP contribution is 2.33. The fraction of sp³-hybridized carbons (Fsp3) is 0.520. The van der Waals surface area contributed by atoms with E-state index in [1.807, 2.05) is 24.4 Å². The van der Waals surface area contributed by atoms with Crippen LogP contribution in [0.5, 0.6) is 11.5 Å². The maximum absolute atomic E-state index is 12.8. The lowest BCUT2D eigenvalue weighted by atomic mass is 10.0. The lowest BCUT2D eigenvalue weighted by Crippen LogP contribution is -2.55. The SMILES string of the molecule is O=C(CCc1cccnc1)N1CCCC(N2CCN(Cc3ccc4c(c3)OCO4)CC2)C1. The zero-order chi connectivity index (χ0) is 21.8. The fourth-order valence-electron chi connectivity index (χ4n) is 5.02. The topological polar surface area (TPSA) is 58.1 Å². The molecule has 1 atom stereocenters. The second-order valence-corrected chi connectivity index (χ2v) is 9.00. The summed E-state index contributed by atoms with van der Waals surface area (Å²) in [6.07, 6.45) is 7.26. The second-order valence-electron chi connectivity index (χ2n) is 9.00. The number of amides is 1. The number of benzene rings is 1. The van der Waals surface area contributed by atoms with E-state index in [-0.39, 0.29) is 5.91 Å². The van der Waals surface area contributed by atoms with Gasteiger partial charge in [-0.15, -0.1) is 0 Å². The lowest BCUT2D eigenvalue weighted by Gasteiger charge is -2.43. The van der Waals surface area contributed by atoms with Gasteiger partial charge in [0.15, 0.2) is 11.5 Å². The normalized spacial score (nSPS) is 21.6. The number of carbonyl (C=O) groups is 1. The Morgan fingerprint density at radius 3 is 2.75 bits per heavy atom. The summed E-state index contributed by atoms with van der Waals surface area (Å²) >= 11 is 0. The van der Waals surface area contributed by atoms with Crippen LogP contribution >= 0.6 is 0 Å². The van der Waals surface area contributed by atoms with Crippen LogP contribution in [0.1, 0.15) is 30.4 Å². The number of hydrogen-bond donors (Lipinski definition) is 0. The van der Waals surface area contributed by atoms with E-state index in [1.165, 1.54) is 12.0 Å². The van der Waals surface area contributed by atoms with Crippen molar-refractivity contribution in [2.75, 3.05) is 46.1 Å². The summed E-state index contributed by atoms with van der Waals surface area (Å²) in [7, 11) is 0. The average Bonchev–Trinajstić information content (AvgIpc) is 3.32. The summed E-state index contributed by atoms with van der Waals surface area (Å²) in [5, 5.41) is 0. The van der Waals surface area contributed by atoms with Gasteiger partial charge < -0.3 is 14.4 Å². The highest BCUT2D eigenvalue weighted by atomic mass is 16.7. The minimum atomic E-state index is 0.278. The van der Waals surface area contributed by atoms with Gasteiger partial charge in [0.1, 0.15) is 0 Å². The van der Waals surface area contributed by atoms with Crippen molar-refractivity contribution >= 4 is 5.91 Å². The van der Waals surface area contributed by atoms with Crippen molar-refractivity contribution in [3.63, 3.8) is 0 Å². The molecule has 4 heterocycles. The Labute approximate surface area is 189 Å². The van der Waals surface area contributed by atoms with Crippen LogP contribution in [0.25, 0.3) is 0 Å². The van der Waals surface area contributed by atoms with Gasteiger partial charge in [-0.3, -0.25) is 19.6 Å². The molecule has 3 aliphatic heterocycles. The molecule has 0 aliphatic carbocycles. The van der Waals surface area contributed by atoms with Crippen LogP contribution < -0.4 is 9.47 Å². The van der Waals surface area contributed by atoms with Crippen molar-refractivity contribution in [1.29, 1.82) is 0 Å². The predicted octanol–water partition coefficient (Wildman–Crippen LogP) is 2.55. The summed E-state index contributed by atoms with van der Waals surface area (Å²) in [6.45, 7) is 7.26. The monoisotopic (exact) mass is 436 g/mol. The molecule has 1 unspecified atom stereocenters. The highest BCUT2D eigenvalue weighted by molar-refractivity contribution is 5.76. The second kappa shape index (κ2) is 9.88. The molecule has 2 aromatic rings. The zero-order valence-electron chi connectivity index (χ0n) is 18.6. The number of fused-ring (bicyclic) bond motifs is 1. The van der Waals surface area contributed by atoms with E-state index < -0.39 is 0 Å². The van der Waals surface area contributed by atoms with Gasteiger partial charge in [-0.05, 0) is 48.6 Å². The third-order valence-electron chi connectivity index (χ3n) is 6.87. The number of aromatic nitrogens is 1. The molecule has 0 bridgehead atoms. The molecule has 1 amide bonds. The molecule has 7 nitrogen and oxygen atoms in total. The molecule has 0 saturated carbocycles. The van der Waals surface area contributed by atoms with Gasteiger partial charge >= 0.3 is 0 Å².